The standard InChI is InChI=1S/C41H65N3O11/c1-37(2,3)33(47)51-22-26-28(52-34(48)38(4,5)6)29(53-35(49)39(7,8)9)31(54-32(26)55-36(50)40(10,11)12)44(23-45)27(30(46)42-41(13,14)15)24-18-20-25(21-19-24)43(16)17/h18-21,23,26-29,31-32H,22H2,1-17H3,(H,42,46)/t26-,27-,28-,29-,31-,32-/m1/s1. The van der Waals surface area contributed by atoms with E-state index in [0.29, 0.717) is 12.0 Å². The van der Waals surface area contributed by atoms with Gasteiger partial charge in [-0.25, -0.2) is 0 Å². The summed E-state index contributed by atoms with van der Waals surface area (Å²) >= 11 is 0. The summed E-state index contributed by atoms with van der Waals surface area (Å²) in [5, 5.41) is 2.93. The van der Waals surface area contributed by atoms with Crippen molar-refractivity contribution in [2.24, 2.45) is 27.6 Å². The molecule has 1 heterocycles. The molecule has 0 bridgehead atoms. The van der Waals surface area contributed by atoms with Crippen molar-refractivity contribution >= 4 is 41.9 Å². The second-order valence-electron chi connectivity index (χ2n) is 19.5. The van der Waals surface area contributed by atoms with E-state index in [9.17, 15) is 28.8 Å². The van der Waals surface area contributed by atoms with Gasteiger partial charge in [0.2, 0.25) is 18.6 Å². The highest BCUT2D eigenvalue weighted by atomic mass is 16.7. The van der Waals surface area contributed by atoms with Gasteiger partial charge in [-0.2, -0.15) is 0 Å². The summed E-state index contributed by atoms with van der Waals surface area (Å²) in [6.07, 6.45) is -6.13. The molecule has 55 heavy (non-hydrogen) atoms. The molecule has 1 aliphatic heterocycles. The molecule has 0 unspecified atom stereocenters. The SMILES string of the molecule is CN(C)c1ccc([C@H](C(=O)NC(C)(C)C)N(C=O)[C@@H]2O[C@H](OC(=O)C(C)(C)C)[C@H](COC(=O)C(C)(C)C)[C@@H](OC(=O)C(C)(C)C)[C@H]2OC(=O)C(C)(C)C)cc1. The average Bonchev–Trinajstić information content (AvgIpc) is 3.01. The third-order valence-corrected chi connectivity index (χ3v) is 8.40. The molecule has 1 fully saturated rings. The fourth-order valence-electron chi connectivity index (χ4n) is 5.08. The predicted molar refractivity (Wildman–Crippen MR) is 206 cm³/mol. The minimum atomic E-state index is -1.70. The van der Waals surface area contributed by atoms with Gasteiger partial charge in [-0.3, -0.25) is 33.7 Å². The van der Waals surface area contributed by atoms with Gasteiger partial charge in [-0.15, -0.1) is 0 Å². The van der Waals surface area contributed by atoms with E-state index in [1.165, 1.54) is 0 Å². The van der Waals surface area contributed by atoms with Gasteiger partial charge in [0.15, 0.2) is 18.4 Å². The van der Waals surface area contributed by atoms with Gasteiger partial charge in [0.1, 0.15) is 12.6 Å². The van der Waals surface area contributed by atoms with Crippen LogP contribution in [-0.2, 0) is 52.5 Å². The van der Waals surface area contributed by atoms with Crippen LogP contribution in [0.4, 0.5) is 5.69 Å². The topological polar surface area (TPSA) is 167 Å². The van der Waals surface area contributed by atoms with Crippen LogP contribution in [0, 0.1) is 27.6 Å². The van der Waals surface area contributed by atoms with Crippen molar-refractivity contribution in [3.05, 3.63) is 29.8 Å². The normalized spacial score (nSPS) is 21.4. The van der Waals surface area contributed by atoms with Gasteiger partial charge in [-0.1, -0.05) is 12.1 Å². The molecule has 0 saturated carbocycles. The van der Waals surface area contributed by atoms with Crippen LogP contribution >= 0.6 is 0 Å². The fraction of sp³-hybridized carbons (Fsp3) is 0.707. The van der Waals surface area contributed by atoms with E-state index in [-0.39, 0.29) is 0 Å². The Balaban J connectivity index is 3.03. The first-order chi connectivity index (χ1) is 24.8. The number of nitrogens with one attached hydrogen (secondary N) is 1. The van der Waals surface area contributed by atoms with E-state index in [1.54, 1.807) is 128 Å². The van der Waals surface area contributed by atoms with Crippen LogP contribution in [0.5, 0.6) is 0 Å². The summed E-state index contributed by atoms with van der Waals surface area (Å²) in [7, 11) is 3.71. The highest BCUT2D eigenvalue weighted by molar-refractivity contribution is 5.86. The number of hydrogen-bond acceptors (Lipinski definition) is 12. The molecule has 0 aromatic heterocycles. The van der Waals surface area contributed by atoms with Crippen molar-refractivity contribution in [1.82, 2.24) is 10.2 Å². The van der Waals surface area contributed by atoms with Crippen LogP contribution in [0.1, 0.15) is 115 Å². The quantitative estimate of drug-likeness (QED) is 0.169. The van der Waals surface area contributed by atoms with E-state index < -0.39 is 100 Å². The maximum absolute atomic E-state index is 14.3. The highest BCUT2D eigenvalue weighted by Gasteiger charge is 2.57. The third kappa shape index (κ3) is 12.9. The number of rotatable bonds is 11. The second-order valence-corrected chi connectivity index (χ2v) is 19.5. The average molecular weight is 776 g/mol. The minimum Gasteiger partial charge on any atom is -0.465 e. The molecule has 1 N–H and O–H groups in total. The molecule has 0 radical (unpaired) electrons. The Bertz CT molecular complexity index is 1540. The number of benzene rings is 1. The number of carbonyl (C=O) groups is 6. The smallest absolute Gasteiger partial charge is 0.313 e. The number of hydrogen-bond donors (Lipinski definition) is 1. The molecule has 1 saturated heterocycles. The van der Waals surface area contributed by atoms with E-state index in [2.05, 4.69) is 5.32 Å². The number of anilines is 1. The Kier molecular flexibility index (Phi) is 14.8. The fourth-order valence-corrected chi connectivity index (χ4v) is 5.08. The zero-order chi connectivity index (χ0) is 42.6. The summed E-state index contributed by atoms with van der Waals surface area (Å²) in [4.78, 5) is 85.0. The van der Waals surface area contributed by atoms with Crippen LogP contribution < -0.4 is 10.2 Å². The molecular formula is C41H65N3O11. The molecule has 14 heteroatoms. The van der Waals surface area contributed by atoms with Crippen LogP contribution in [-0.4, -0.2) is 92.1 Å². The van der Waals surface area contributed by atoms with Crippen molar-refractivity contribution in [3.63, 3.8) is 0 Å². The Morgan fingerprint density at radius 1 is 0.691 bits per heavy atom. The number of carbonyl (C=O) groups excluding carboxylic acids is 6. The van der Waals surface area contributed by atoms with Gasteiger partial charge < -0.3 is 33.9 Å². The van der Waals surface area contributed by atoms with Crippen LogP contribution in [0.15, 0.2) is 24.3 Å². The van der Waals surface area contributed by atoms with Gasteiger partial charge in [-0.05, 0) is 122 Å². The van der Waals surface area contributed by atoms with Gasteiger partial charge >= 0.3 is 23.9 Å². The molecule has 2 amide bonds. The van der Waals surface area contributed by atoms with Gasteiger partial charge in [0.25, 0.3) is 0 Å². The lowest BCUT2D eigenvalue weighted by Gasteiger charge is -2.49. The van der Waals surface area contributed by atoms with Crippen molar-refractivity contribution in [2.75, 3.05) is 25.6 Å². The molecule has 1 aromatic carbocycles. The monoisotopic (exact) mass is 775 g/mol. The zero-order valence-corrected chi connectivity index (χ0v) is 35.9. The first kappa shape index (κ1) is 47.0. The summed E-state index contributed by atoms with van der Waals surface area (Å²) in [5.74, 6) is -4.71. The Morgan fingerprint density at radius 2 is 1.13 bits per heavy atom. The Labute approximate surface area is 327 Å². The van der Waals surface area contributed by atoms with E-state index >= 15 is 0 Å². The third-order valence-electron chi connectivity index (χ3n) is 8.40. The van der Waals surface area contributed by atoms with Crippen molar-refractivity contribution in [1.29, 1.82) is 0 Å². The first-order valence-electron chi connectivity index (χ1n) is 18.6. The predicted octanol–water partition coefficient (Wildman–Crippen LogP) is 5.56. The molecule has 1 aromatic rings. The molecule has 14 nitrogen and oxygen atoms in total. The lowest BCUT2D eigenvalue weighted by Crippen LogP contribution is -2.66. The molecule has 6 atom stereocenters. The second kappa shape index (κ2) is 17.3. The lowest BCUT2D eigenvalue weighted by atomic mass is 9.89. The Morgan fingerprint density at radius 3 is 1.53 bits per heavy atom. The first-order valence-corrected chi connectivity index (χ1v) is 18.6. The number of amides is 2. The summed E-state index contributed by atoms with van der Waals surface area (Å²) < 4.78 is 30.5. The number of esters is 4. The minimum absolute atomic E-state index is 0.372. The number of nitrogens with zero attached hydrogens (tertiary/aromatic N) is 2. The van der Waals surface area contributed by atoms with E-state index in [4.69, 9.17) is 23.7 Å². The van der Waals surface area contributed by atoms with Crippen LogP contribution in [0.25, 0.3) is 0 Å². The van der Waals surface area contributed by atoms with Crippen molar-refractivity contribution < 1.29 is 52.5 Å². The molecule has 0 spiro atoms. The highest BCUT2D eigenvalue weighted by Crippen LogP contribution is 2.39. The molecule has 1 aliphatic rings. The van der Waals surface area contributed by atoms with Crippen molar-refractivity contribution in [3.8, 4) is 0 Å². The Hall–Kier alpha value is -4.20. The molecular weight excluding hydrogens is 710 g/mol. The summed E-state index contributed by atoms with van der Waals surface area (Å²) in [6.45, 7) is 24.4. The summed E-state index contributed by atoms with van der Waals surface area (Å²) in [5.41, 5.74) is -3.78. The lowest BCUT2D eigenvalue weighted by molar-refractivity contribution is -0.312. The molecule has 2 rings (SSSR count). The number of ether oxygens (including phenoxy) is 5. The largest absolute Gasteiger partial charge is 0.465 e. The molecule has 0 aliphatic carbocycles. The van der Waals surface area contributed by atoms with Crippen molar-refractivity contribution in [2.45, 2.75) is 140 Å². The van der Waals surface area contributed by atoms with E-state index in [1.807, 2.05) is 19.0 Å². The summed E-state index contributed by atoms with van der Waals surface area (Å²) in [6, 6.07) is 5.51. The van der Waals surface area contributed by atoms with Gasteiger partial charge in [0, 0.05) is 25.3 Å². The van der Waals surface area contributed by atoms with Crippen LogP contribution in [0.2, 0.25) is 0 Å². The zero-order valence-electron chi connectivity index (χ0n) is 35.9. The van der Waals surface area contributed by atoms with E-state index in [0.717, 1.165) is 10.6 Å². The molecule has 310 valence electrons. The van der Waals surface area contributed by atoms with Crippen LogP contribution in [0.3, 0.4) is 0 Å². The maximum Gasteiger partial charge on any atom is 0.313 e. The maximum atomic E-state index is 14.3. The van der Waals surface area contributed by atoms with Gasteiger partial charge in [0.05, 0.1) is 27.6 Å².